The third-order valence-electron chi connectivity index (χ3n) is 3.45. The van der Waals surface area contributed by atoms with Gasteiger partial charge in [-0.05, 0) is 34.7 Å². The van der Waals surface area contributed by atoms with Crippen molar-refractivity contribution in [2.24, 2.45) is 0 Å². The van der Waals surface area contributed by atoms with Gasteiger partial charge in [0.2, 0.25) is 0 Å². The van der Waals surface area contributed by atoms with Crippen LogP contribution >= 0.6 is 15.9 Å². The molecule has 0 saturated carbocycles. The molecule has 0 heterocycles. The van der Waals surface area contributed by atoms with E-state index in [4.69, 9.17) is 0 Å². The van der Waals surface area contributed by atoms with Crippen molar-refractivity contribution < 1.29 is 5.11 Å². The van der Waals surface area contributed by atoms with Gasteiger partial charge in [0.25, 0.3) is 0 Å². The van der Waals surface area contributed by atoms with Crippen LogP contribution in [0.5, 0.6) is 0 Å². The van der Waals surface area contributed by atoms with E-state index in [0.717, 1.165) is 10.9 Å². The molecule has 0 fully saturated rings. The Morgan fingerprint density at radius 3 is 2.59 bits per heavy atom. The third kappa shape index (κ3) is 1.63. The van der Waals surface area contributed by atoms with Crippen molar-refractivity contribution in [3.05, 3.63) is 58.1 Å². The molecule has 0 saturated heterocycles. The quantitative estimate of drug-likeness (QED) is 0.887. The van der Waals surface area contributed by atoms with Crippen LogP contribution in [0.3, 0.4) is 0 Å². The van der Waals surface area contributed by atoms with Gasteiger partial charge < -0.3 is 5.11 Å². The van der Waals surface area contributed by atoms with Gasteiger partial charge in [0, 0.05) is 17.0 Å². The second-order valence-electron chi connectivity index (χ2n) is 4.35. The molecule has 0 amide bonds. The van der Waals surface area contributed by atoms with E-state index in [9.17, 15) is 5.11 Å². The molecule has 1 aliphatic carbocycles. The summed E-state index contributed by atoms with van der Waals surface area (Å²) in [4.78, 5) is 0. The highest BCUT2D eigenvalue weighted by molar-refractivity contribution is 9.10. The summed E-state index contributed by atoms with van der Waals surface area (Å²) in [6, 6.07) is 14.8. The van der Waals surface area contributed by atoms with Crippen LogP contribution in [0, 0.1) is 0 Å². The molecule has 0 spiro atoms. The average Bonchev–Trinajstić information content (AvgIpc) is 2.67. The van der Waals surface area contributed by atoms with Crippen LogP contribution in [0.15, 0.2) is 46.9 Å². The number of benzene rings is 2. The van der Waals surface area contributed by atoms with E-state index >= 15 is 0 Å². The summed E-state index contributed by atoms with van der Waals surface area (Å²) < 4.78 is 1.14. The second kappa shape index (κ2) is 4.28. The lowest BCUT2D eigenvalue weighted by molar-refractivity contribution is 0.282. The molecule has 0 aliphatic heterocycles. The van der Waals surface area contributed by atoms with Crippen LogP contribution in [0.25, 0.3) is 11.1 Å². The molecular formula is C15H13BrO. The van der Waals surface area contributed by atoms with Crippen LogP contribution < -0.4 is 0 Å². The van der Waals surface area contributed by atoms with E-state index in [0.29, 0.717) is 5.92 Å². The number of aliphatic hydroxyl groups excluding tert-OH is 1. The smallest absolute Gasteiger partial charge is 0.0440 e. The number of halogens is 1. The molecule has 2 aromatic rings. The Morgan fingerprint density at radius 2 is 1.76 bits per heavy atom. The normalized spacial score (nSPS) is 16.7. The van der Waals surface area contributed by atoms with Gasteiger partial charge in [-0.15, -0.1) is 0 Å². The van der Waals surface area contributed by atoms with Crippen molar-refractivity contribution in [3.63, 3.8) is 0 Å². The van der Waals surface area contributed by atoms with Crippen molar-refractivity contribution in [2.45, 2.75) is 12.3 Å². The maximum atomic E-state index is 9.25. The van der Waals surface area contributed by atoms with Gasteiger partial charge in [-0.3, -0.25) is 0 Å². The van der Waals surface area contributed by atoms with Crippen molar-refractivity contribution in [3.8, 4) is 11.1 Å². The fourth-order valence-corrected chi connectivity index (χ4v) is 3.40. The predicted octanol–water partition coefficient (Wildman–Crippen LogP) is 3.94. The Morgan fingerprint density at radius 1 is 1.00 bits per heavy atom. The first-order valence-corrected chi connectivity index (χ1v) is 6.61. The molecule has 86 valence electrons. The van der Waals surface area contributed by atoms with Crippen molar-refractivity contribution in [1.29, 1.82) is 0 Å². The van der Waals surface area contributed by atoms with E-state index in [1.807, 2.05) is 0 Å². The SMILES string of the molecule is OCCC1c2ccccc2-c2cccc(Br)c21. The topological polar surface area (TPSA) is 20.2 Å². The van der Waals surface area contributed by atoms with Gasteiger partial charge in [-0.2, -0.15) is 0 Å². The van der Waals surface area contributed by atoms with Gasteiger partial charge in [-0.25, -0.2) is 0 Å². The molecule has 3 rings (SSSR count). The van der Waals surface area contributed by atoms with E-state index in [-0.39, 0.29) is 6.61 Å². The summed E-state index contributed by atoms with van der Waals surface area (Å²) >= 11 is 3.64. The number of hydrogen-bond donors (Lipinski definition) is 1. The van der Waals surface area contributed by atoms with Gasteiger partial charge in [0.15, 0.2) is 0 Å². The van der Waals surface area contributed by atoms with Gasteiger partial charge in [0.05, 0.1) is 0 Å². The molecule has 1 atom stereocenters. The minimum Gasteiger partial charge on any atom is -0.396 e. The van der Waals surface area contributed by atoms with Gasteiger partial charge in [0.1, 0.15) is 0 Å². The first-order valence-electron chi connectivity index (χ1n) is 5.81. The van der Waals surface area contributed by atoms with Crippen LogP contribution in [0.4, 0.5) is 0 Å². The van der Waals surface area contributed by atoms with E-state index in [1.54, 1.807) is 0 Å². The van der Waals surface area contributed by atoms with Gasteiger partial charge >= 0.3 is 0 Å². The van der Waals surface area contributed by atoms with E-state index < -0.39 is 0 Å². The lowest BCUT2D eigenvalue weighted by Gasteiger charge is -2.13. The van der Waals surface area contributed by atoms with E-state index in [1.165, 1.54) is 22.3 Å². The highest BCUT2D eigenvalue weighted by Crippen LogP contribution is 2.48. The number of hydrogen-bond acceptors (Lipinski definition) is 1. The molecule has 1 unspecified atom stereocenters. The molecule has 0 bridgehead atoms. The fraction of sp³-hybridized carbons (Fsp3) is 0.200. The molecule has 17 heavy (non-hydrogen) atoms. The Kier molecular flexibility index (Phi) is 2.77. The number of aliphatic hydroxyl groups is 1. The Labute approximate surface area is 109 Å². The first-order chi connectivity index (χ1) is 8.33. The number of fused-ring (bicyclic) bond motifs is 3. The Bertz CT molecular complexity index is 563. The van der Waals surface area contributed by atoms with Crippen molar-refractivity contribution in [2.75, 3.05) is 6.61 Å². The fourth-order valence-electron chi connectivity index (χ4n) is 2.76. The standard InChI is InChI=1S/C15H13BrO/c16-14-7-3-6-12-10-4-1-2-5-11(10)13(8-9-17)15(12)14/h1-7,13,17H,8-9H2. The van der Waals surface area contributed by atoms with E-state index in [2.05, 4.69) is 58.4 Å². The summed E-state index contributed by atoms with van der Waals surface area (Å²) in [7, 11) is 0. The number of rotatable bonds is 2. The largest absolute Gasteiger partial charge is 0.396 e. The molecule has 1 nitrogen and oxygen atoms in total. The summed E-state index contributed by atoms with van der Waals surface area (Å²) in [6.07, 6.45) is 0.784. The summed E-state index contributed by atoms with van der Waals surface area (Å²) in [5.74, 6) is 0.321. The maximum absolute atomic E-state index is 9.25. The van der Waals surface area contributed by atoms with Crippen LogP contribution in [-0.2, 0) is 0 Å². The molecule has 1 aliphatic rings. The zero-order valence-electron chi connectivity index (χ0n) is 9.36. The minimum absolute atomic E-state index is 0.222. The molecule has 0 radical (unpaired) electrons. The first kappa shape index (κ1) is 11.0. The molecular weight excluding hydrogens is 276 g/mol. The van der Waals surface area contributed by atoms with Crippen LogP contribution in [0.1, 0.15) is 23.5 Å². The lowest BCUT2D eigenvalue weighted by atomic mass is 9.94. The maximum Gasteiger partial charge on any atom is 0.0440 e. The summed E-state index contributed by atoms with van der Waals surface area (Å²) in [5, 5.41) is 9.25. The highest BCUT2D eigenvalue weighted by Gasteiger charge is 2.29. The second-order valence-corrected chi connectivity index (χ2v) is 5.21. The predicted molar refractivity (Wildman–Crippen MR) is 73.1 cm³/mol. The van der Waals surface area contributed by atoms with Crippen LogP contribution in [0.2, 0.25) is 0 Å². The summed E-state index contributed by atoms with van der Waals surface area (Å²) in [5.41, 5.74) is 5.27. The summed E-state index contributed by atoms with van der Waals surface area (Å²) in [6.45, 7) is 0.222. The molecule has 2 aromatic carbocycles. The lowest BCUT2D eigenvalue weighted by Crippen LogP contribution is -2.00. The van der Waals surface area contributed by atoms with Gasteiger partial charge in [-0.1, -0.05) is 52.3 Å². The van der Waals surface area contributed by atoms with Crippen molar-refractivity contribution >= 4 is 15.9 Å². The highest BCUT2D eigenvalue weighted by atomic mass is 79.9. The zero-order valence-corrected chi connectivity index (χ0v) is 10.9. The third-order valence-corrected chi connectivity index (χ3v) is 4.14. The average molecular weight is 289 g/mol. The van der Waals surface area contributed by atoms with Crippen LogP contribution in [-0.4, -0.2) is 11.7 Å². The van der Waals surface area contributed by atoms with Crippen molar-refractivity contribution in [1.82, 2.24) is 0 Å². The molecule has 1 N–H and O–H groups in total. The zero-order chi connectivity index (χ0) is 11.8. The Hall–Kier alpha value is -1.12. The molecule has 0 aromatic heterocycles. The molecule has 2 heteroatoms. The monoisotopic (exact) mass is 288 g/mol. The minimum atomic E-state index is 0.222. The Balaban J connectivity index is 2.26.